The third-order valence-electron chi connectivity index (χ3n) is 2.58. The lowest BCUT2D eigenvalue weighted by Crippen LogP contribution is -2.13. The summed E-state index contributed by atoms with van der Waals surface area (Å²) in [5.74, 6) is -0.381. The molecular formula is C13H11N3O3S. The maximum Gasteiger partial charge on any atom is 0.264 e. The van der Waals surface area contributed by atoms with Crippen LogP contribution in [0.4, 0.5) is 5.69 Å². The van der Waals surface area contributed by atoms with E-state index in [1.54, 1.807) is 24.3 Å². The monoisotopic (exact) mass is 289 g/mol. The summed E-state index contributed by atoms with van der Waals surface area (Å²) >= 11 is 4.72. The Bertz CT molecular complexity index is 788. The third kappa shape index (κ3) is 3.07. The smallest absolute Gasteiger partial charge is 0.264 e. The van der Waals surface area contributed by atoms with Gasteiger partial charge >= 0.3 is 0 Å². The number of H-pyrrole nitrogens is 2. The van der Waals surface area contributed by atoms with Crippen LogP contribution < -0.4 is 5.56 Å². The molecule has 1 heterocycles. The summed E-state index contributed by atoms with van der Waals surface area (Å²) in [6.07, 6.45) is 1.22. The molecule has 2 aromatic rings. The normalized spacial score (nSPS) is 10.8. The molecule has 7 heteroatoms. The predicted octanol–water partition coefficient (Wildman–Crippen LogP) is 2.09. The Balaban J connectivity index is 2.32. The van der Waals surface area contributed by atoms with Crippen molar-refractivity contribution in [2.24, 2.45) is 4.99 Å². The molecule has 0 aliphatic carbocycles. The van der Waals surface area contributed by atoms with Crippen molar-refractivity contribution in [3.8, 4) is 5.88 Å². The highest BCUT2D eigenvalue weighted by Gasteiger charge is 2.04. The van der Waals surface area contributed by atoms with Gasteiger partial charge in [0.05, 0.1) is 5.69 Å². The summed E-state index contributed by atoms with van der Waals surface area (Å²) in [7, 11) is 0. The molecule has 0 bridgehead atoms. The van der Waals surface area contributed by atoms with E-state index >= 15 is 0 Å². The Morgan fingerprint density at radius 2 is 1.95 bits per heavy atom. The highest BCUT2D eigenvalue weighted by Crippen LogP contribution is 2.14. The van der Waals surface area contributed by atoms with Crippen LogP contribution in [0.15, 0.2) is 34.1 Å². The standard InChI is InChI=1S/C13H11N3O3S/c1-7(17)8-2-4-9(5-3-8)14-6-10-11(18)15-13(20)16-12(10)19/h2-6H,1H3,(H3,15,16,18,19,20). The number of ketones is 1. The minimum absolute atomic E-state index is 0.0192. The largest absolute Gasteiger partial charge is 0.494 e. The van der Waals surface area contributed by atoms with Gasteiger partial charge in [0.2, 0.25) is 5.88 Å². The van der Waals surface area contributed by atoms with Crippen LogP contribution in [0.5, 0.6) is 5.88 Å². The summed E-state index contributed by atoms with van der Waals surface area (Å²) in [4.78, 5) is 31.5. The van der Waals surface area contributed by atoms with Crippen molar-refractivity contribution in [1.82, 2.24) is 9.97 Å². The van der Waals surface area contributed by atoms with E-state index in [-0.39, 0.29) is 22.0 Å². The molecule has 1 aromatic heterocycles. The molecule has 3 N–H and O–H groups in total. The summed E-state index contributed by atoms with van der Waals surface area (Å²) in [6.45, 7) is 1.47. The van der Waals surface area contributed by atoms with Crippen LogP contribution in [0.25, 0.3) is 0 Å². The number of aromatic amines is 2. The Hall–Kier alpha value is -2.54. The van der Waals surface area contributed by atoms with Gasteiger partial charge in [-0.1, -0.05) is 0 Å². The summed E-state index contributed by atoms with van der Waals surface area (Å²) in [6, 6.07) is 6.56. The average Bonchev–Trinajstić information content (AvgIpc) is 2.38. The second-order valence-electron chi connectivity index (χ2n) is 4.03. The van der Waals surface area contributed by atoms with Crippen molar-refractivity contribution in [3.63, 3.8) is 0 Å². The van der Waals surface area contributed by atoms with Crippen LogP contribution in [-0.4, -0.2) is 27.1 Å². The quantitative estimate of drug-likeness (QED) is 0.458. The molecule has 2 rings (SSSR count). The Morgan fingerprint density at radius 3 is 2.50 bits per heavy atom. The third-order valence-corrected chi connectivity index (χ3v) is 2.78. The number of aromatic nitrogens is 2. The van der Waals surface area contributed by atoms with Crippen molar-refractivity contribution in [1.29, 1.82) is 0 Å². The Labute approximate surface area is 118 Å². The lowest BCUT2D eigenvalue weighted by Gasteiger charge is -1.98. The molecule has 0 unspecified atom stereocenters. The van der Waals surface area contributed by atoms with E-state index in [2.05, 4.69) is 15.0 Å². The van der Waals surface area contributed by atoms with Crippen LogP contribution in [0, 0.1) is 4.77 Å². The van der Waals surface area contributed by atoms with E-state index in [0.717, 1.165) is 0 Å². The summed E-state index contributed by atoms with van der Waals surface area (Å²) in [5, 5.41) is 9.59. The van der Waals surface area contributed by atoms with Crippen molar-refractivity contribution in [3.05, 3.63) is 50.5 Å². The Morgan fingerprint density at radius 1 is 1.30 bits per heavy atom. The first-order chi connectivity index (χ1) is 9.47. The van der Waals surface area contributed by atoms with Crippen molar-refractivity contribution >= 4 is 29.9 Å². The maximum atomic E-state index is 11.6. The van der Waals surface area contributed by atoms with Gasteiger partial charge in [-0.3, -0.25) is 19.6 Å². The van der Waals surface area contributed by atoms with Crippen molar-refractivity contribution in [2.75, 3.05) is 0 Å². The van der Waals surface area contributed by atoms with Crippen LogP contribution in [0.2, 0.25) is 0 Å². The number of carbonyl (C=O) groups is 1. The SMILES string of the molecule is CC(=O)c1ccc(N=Cc2c(O)[nH]c(=S)[nH]c2=O)cc1. The van der Waals surface area contributed by atoms with Gasteiger partial charge in [-0.05, 0) is 43.4 Å². The molecule has 1 aromatic carbocycles. The van der Waals surface area contributed by atoms with E-state index in [4.69, 9.17) is 12.2 Å². The number of nitrogens with one attached hydrogen (secondary N) is 2. The van der Waals surface area contributed by atoms with Crippen LogP contribution in [0.3, 0.4) is 0 Å². The minimum Gasteiger partial charge on any atom is -0.494 e. The molecule has 0 atom stereocenters. The van der Waals surface area contributed by atoms with Gasteiger partial charge in [0.1, 0.15) is 5.56 Å². The molecule has 0 spiro atoms. The van der Waals surface area contributed by atoms with Gasteiger partial charge in [0, 0.05) is 11.8 Å². The first-order valence-corrected chi connectivity index (χ1v) is 6.09. The molecular weight excluding hydrogens is 278 g/mol. The van der Waals surface area contributed by atoms with Gasteiger partial charge in [0.25, 0.3) is 5.56 Å². The first-order valence-electron chi connectivity index (χ1n) is 5.68. The molecule has 0 aliphatic heterocycles. The van der Waals surface area contributed by atoms with Gasteiger partial charge in [-0.25, -0.2) is 0 Å². The summed E-state index contributed by atoms with van der Waals surface area (Å²) in [5.41, 5.74) is 0.578. The zero-order valence-electron chi connectivity index (χ0n) is 10.5. The van der Waals surface area contributed by atoms with Crippen molar-refractivity contribution in [2.45, 2.75) is 6.92 Å². The van der Waals surface area contributed by atoms with Crippen LogP contribution in [-0.2, 0) is 0 Å². The van der Waals surface area contributed by atoms with Crippen LogP contribution >= 0.6 is 12.2 Å². The second kappa shape index (κ2) is 5.62. The highest BCUT2D eigenvalue weighted by molar-refractivity contribution is 7.71. The van der Waals surface area contributed by atoms with E-state index in [0.29, 0.717) is 11.3 Å². The molecule has 0 radical (unpaired) electrons. The fourth-order valence-corrected chi connectivity index (χ4v) is 1.71. The molecule has 0 saturated heterocycles. The number of hydrogen-bond acceptors (Lipinski definition) is 5. The molecule has 0 fully saturated rings. The van der Waals surface area contributed by atoms with Crippen molar-refractivity contribution < 1.29 is 9.90 Å². The van der Waals surface area contributed by atoms with E-state index in [1.807, 2.05) is 0 Å². The molecule has 0 aliphatic rings. The topological polar surface area (TPSA) is 98.3 Å². The van der Waals surface area contributed by atoms with Gasteiger partial charge in [0.15, 0.2) is 10.6 Å². The molecule has 0 saturated carbocycles. The molecule has 0 amide bonds. The maximum absolute atomic E-state index is 11.6. The fourth-order valence-electron chi connectivity index (χ4n) is 1.53. The van der Waals surface area contributed by atoms with Gasteiger partial charge in [-0.15, -0.1) is 0 Å². The zero-order chi connectivity index (χ0) is 14.7. The predicted molar refractivity (Wildman–Crippen MR) is 77.6 cm³/mol. The highest BCUT2D eigenvalue weighted by atomic mass is 32.1. The minimum atomic E-state index is -0.532. The number of carbonyl (C=O) groups excluding carboxylic acids is 1. The Kier molecular flexibility index (Phi) is 3.90. The van der Waals surface area contributed by atoms with E-state index in [1.165, 1.54) is 13.1 Å². The zero-order valence-corrected chi connectivity index (χ0v) is 11.3. The fraction of sp³-hybridized carbons (Fsp3) is 0.0769. The number of aromatic hydroxyl groups is 1. The lowest BCUT2D eigenvalue weighted by atomic mass is 10.1. The molecule has 20 heavy (non-hydrogen) atoms. The van der Waals surface area contributed by atoms with Gasteiger partial charge in [-0.2, -0.15) is 0 Å². The average molecular weight is 289 g/mol. The number of nitrogens with zero attached hydrogens (tertiary/aromatic N) is 1. The van der Waals surface area contributed by atoms with E-state index < -0.39 is 5.56 Å². The second-order valence-corrected chi connectivity index (χ2v) is 4.44. The lowest BCUT2D eigenvalue weighted by molar-refractivity contribution is 0.101. The molecule has 6 nitrogen and oxygen atoms in total. The number of benzene rings is 1. The number of hydrogen-bond donors (Lipinski definition) is 3. The number of aliphatic imine (C=N–C) groups is 1. The number of Topliss-reactive ketones (excluding diaryl/α,β-unsaturated/α-hetero) is 1. The molecule has 102 valence electrons. The number of rotatable bonds is 3. The van der Waals surface area contributed by atoms with Crippen LogP contribution in [0.1, 0.15) is 22.8 Å². The summed E-state index contributed by atoms with van der Waals surface area (Å²) < 4.78 is 0.0375. The van der Waals surface area contributed by atoms with E-state index in [9.17, 15) is 14.7 Å². The first kappa shape index (κ1) is 13.9. The van der Waals surface area contributed by atoms with Gasteiger partial charge < -0.3 is 10.1 Å².